The fourth-order valence-corrected chi connectivity index (χ4v) is 2.55. The van der Waals surface area contributed by atoms with Crippen LogP contribution in [0.3, 0.4) is 0 Å². The van der Waals surface area contributed by atoms with Gasteiger partial charge in [-0.25, -0.2) is 18.4 Å². The lowest BCUT2D eigenvalue weighted by Gasteiger charge is -2.09. The lowest BCUT2D eigenvalue weighted by atomic mass is 10.1. The maximum atomic E-state index is 11.8. The number of rotatable bonds is 5. The molecule has 0 saturated heterocycles. The normalized spacial score (nSPS) is 11.0. The average Bonchev–Trinajstić information content (AvgIpc) is 2.52. The molecule has 0 aliphatic carbocycles. The summed E-state index contributed by atoms with van der Waals surface area (Å²) in [6.07, 6.45) is 0. The first-order valence-electron chi connectivity index (χ1n) is 7.03. The number of primary sulfonamides is 1. The highest BCUT2D eigenvalue weighted by molar-refractivity contribution is 7.89. The number of nitrogens with one attached hydrogen (secondary N) is 2. The van der Waals surface area contributed by atoms with Crippen molar-refractivity contribution in [1.29, 1.82) is 0 Å². The Morgan fingerprint density at radius 3 is 2.22 bits per heavy atom. The van der Waals surface area contributed by atoms with Gasteiger partial charge in [-0.2, -0.15) is 0 Å². The third-order valence-corrected chi connectivity index (χ3v) is 4.16. The lowest BCUT2D eigenvalue weighted by molar-refractivity contribution is 0.240. The van der Waals surface area contributed by atoms with Gasteiger partial charge in [-0.05, 0) is 30.2 Å². The molecule has 0 aliphatic rings. The first-order valence-corrected chi connectivity index (χ1v) is 8.58. The van der Waals surface area contributed by atoms with Crippen molar-refractivity contribution in [3.8, 4) is 0 Å². The molecule has 0 saturated carbocycles. The zero-order valence-electron chi connectivity index (χ0n) is 12.7. The third kappa shape index (κ3) is 5.39. The van der Waals surface area contributed by atoms with E-state index in [1.54, 1.807) is 12.1 Å². The standard InChI is InChI=1S/C16H19N3O3S/c1-12-5-7-13(8-6-12)10-18-16(20)19-11-14-3-2-4-15(9-14)23(17,21)22/h2-9H,10-11H2,1H3,(H2,17,21,22)(H2,18,19,20). The Kier molecular flexibility index (Phi) is 5.36. The maximum absolute atomic E-state index is 11.8. The van der Waals surface area contributed by atoms with Crippen molar-refractivity contribution in [3.63, 3.8) is 0 Å². The van der Waals surface area contributed by atoms with E-state index in [9.17, 15) is 13.2 Å². The zero-order chi connectivity index (χ0) is 16.9. The molecule has 0 atom stereocenters. The van der Waals surface area contributed by atoms with E-state index in [0.717, 1.165) is 11.1 Å². The van der Waals surface area contributed by atoms with E-state index in [0.29, 0.717) is 12.1 Å². The molecule has 122 valence electrons. The minimum Gasteiger partial charge on any atom is -0.334 e. The van der Waals surface area contributed by atoms with Gasteiger partial charge in [-0.15, -0.1) is 0 Å². The van der Waals surface area contributed by atoms with E-state index in [-0.39, 0.29) is 17.5 Å². The van der Waals surface area contributed by atoms with Crippen molar-refractivity contribution >= 4 is 16.1 Å². The van der Waals surface area contributed by atoms with Crippen molar-refractivity contribution < 1.29 is 13.2 Å². The molecule has 0 unspecified atom stereocenters. The van der Waals surface area contributed by atoms with Crippen LogP contribution in [0, 0.1) is 6.92 Å². The van der Waals surface area contributed by atoms with Crippen LogP contribution in [0.25, 0.3) is 0 Å². The molecule has 2 aromatic rings. The number of carbonyl (C=O) groups excluding carboxylic acids is 1. The van der Waals surface area contributed by atoms with Gasteiger partial charge in [0.1, 0.15) is 0 Å². The molecule has 2 amide bonds. The maximum Gasteiger partial charge on any atom is 0.315 e. The molecule has 6 nitrogen and oxygen atoms in total. The quantitative estimate of drug-likeness (QED) is 0.775. The van der Waals surface area contributed by atoms with Crippen LogP contribution in [0.5, 0.6) is 0 Å². The first kappa shape index (κ1) is 17.0. The molecule has 2 aromatic carbocycles. The van der Waals surface area contributed by atoms with Gasteiger partial charge in [0, 0.05) is 13.1 Å². The molecule has 23 heavy (non-hydrogen) atoms. The molecule has 0 spiro atoms. The number of nitrogens with two attached hydrogens (primary N) is 1. The van der Waals surface area contributed by atoms with Crippen molar-refractivity contribution in [2.75, 3.05) is 0 Å². The lowest BCUT2D eigenvalue weighted by Crippen LogP contribution is -2.34. The molecule has 2 rings (SSSR count). The van der Waals surface area contributed by atoms with Crippen LogP contribution in [0.15, 0.2) is 53.4 Å². The Balaban J connectivity index is 1.86. The van der Waals surface area contributed by atoms with E-state index in [2.05, 4.69) is 10.6 Å². The molecule has 0 aromatic heterocycles. The summed E-state index contributed by atoms with van der Waals surface area (Å²) in [7, 11) is -3.74. The predicted molar refractivity (Wildman–Crippen MR) is 88.1 cm³/mol. The number of hydrogen-bond donors (Lipinski definition) is 3. The molecular formula is C16H19N3O3S. The van der Waals surface area contributed by atoms with Crippen LogP contribution in [0.1, 0.15) is 16.7 Å². The van der Waals surface area contributed by atoms with Crippen LogP contribution >= 0.6 is 0 Å². The van der Waals surface area contributed by atoms with Crippen LogP contribution in [-0.2, 0) is 23.1 Å². The zero-order valence-corrected chi connectivity index (χ0v) is 13.6. The third-order valence-electron chi connectivity index (χ3n) is 3.25. The minimum atomic E-state index is -3.74. The van der Waals surface area contributed by atoms with Gasteiger partial charge in [0.25, 0.3) is 0 Å². The molecule has 0 bridgehead atoms. The summed E-state index contributed by atoms with van der Waals surface area (Å²) in [6, 6.07) is 13.7. The molecule has 0 radical (unpaired) electrons. The Morgan fingerprint density at radius 1 is 1.00 bits per heavy atom. The summed E-state index contributed by atoms with van der Waals surface area (Å²) < 4.78 is 22.6. The molecule has 0 heterocycles. The Labute approximate surface area is 135 Å². The van der Waals surface area contributed by atoms with Crippen LogP contribution in [-0.4, -0.2) is 14.4 Å². The van der Waals surface area contributed by atoms with E-state index in [1.807, 2.05) is 31.2 Å². The Hall–Kier alpha value is -2.38. The van der Waals surface area contributed by atoms with Gasteiger partial charge >= 0.3 is 6.03 Å². The Morgan fingerprint density at radius 2 is 1.61 bits per heavy atom. The highest BCUT2D eigenvalue weighted by atomic mass is 32.2. The van der Waals surface area contributed by atoms with Gasteiger partial charge in [-0.3, -0.25) is 0 Å². The van der Waals surface area contributed by atoms with Gasteiger partial charge in [0.2, 0.25) is 10.0 Å². The second-order valence-electron chi connectivity index (χ2n) is 5.21. The number of sulfonamides is 1. The summed E-state index contributed by atoms with van der Waals surface area (Å²) in [5.74, 6) is 0. The van der Waals surface area contributed by atoms with Crippen molar-refractivity contribution in [2.45, 2.75) is 24.9 Å². The smallest absolute Gasteiger partial charge is 0.315 e. The van der Waals surface area contributed by atoms with Gasteiger partial charge < -0.3 is 10.6 Å². The Bertz CT molecular complexity index is 786. The summed E-state index contributed by atoms with van der Waals surface area (Å²) in [4.78, 5) is 11.8. The average molecular weight is 333 g/mol. The number of aryl methyl sites for hydroxylation is 1. The summed E-state index contributed by atoms with van der Waals surface area (Å²) in [5.41, 5.74) is 2.82. The summed E-state index contributed by atoms with van der Waals surface area (Å²) in [5, 5.41) is 10.5. The largest absolute Gasteiger partial charge is 0.334 e. The van der Waals surface area contributed by atoms with Crippen molar-refractivity contribution in [1.82, 2.24) is 10.6 Å². The predicted octanol–water partition coefficient (Wildman–Crippen LogP) is 1.64. The van der Waals surface area contributed by atoms with Crippen LogP contribution in [0.4, 0.5) is 4.79 Å². The van der Waals surface area contributed by atoms with Crippen molar-refractivity contribution in [3.05, 3.63) is 65.2 Å². The molecule has 0 fully saturated rings. The topological polar surface area (TPSA) is 101 Å². The minimum absolute atomic E-state index is 0.0249. The van der Waals surface area contributed by atoms with E-state index < -0.39 is 10.0 Å². The number of benzene rings is 2. The van der Waals surface area contributed by atoms with Gasteiger partial charge in [0.15, 0.2) is 0 Å². The fraction of sp³-hybridized carbons (Fsp3) is 0.188. The second kappa shape index (κ2) is 7.26. The fourth-order valence-electron chi connectivity index (χ4n) is 1.97. The number of hydrogen-bond acceptors (Lipinski definition) is 3. The molecular weight excluding hydrogens is 314 g/mol. The number of carbonyl (C=O) groups is 1. The van der Waals surface area contributed by atoms with E-state index >= 15 is 0 Å². The monoisotopic (exact) mass is 333 g/mol. The number of urea groups is 1. The van der Waals surface area contributed by atoms with E-state index in [1.165, 1.54) is 12.1 Å². The molecule has 4 N–H and O–H groups in total. The highest BCUT2D eigenvalue weighted by Gasteiger charge is 2.08. The van der Waals surface area contributed by atoms with E-state index in [4.69, 9.17) is 5.14 Å². The van der Waals surface area contributed by atoms with Crippen LogP contribution in [0.2, 0.25) is 0 Å². The molecule has 0 aliphatic heterocycles. The summed E-state index contributed by atoms with van der Waals surface area (Å²) in [6.45, 7) is 2.63. The summed E-state index contributed by atoms with van der Waals surface area (Å²) >= 11 is 0. The van der Waals surface area contributed by atoms with Gasteiger partial charge in [0.05, 0.1) is 4.90 Å². The van der Waals surface area contributed by atoms with Gasteiger partial charge in [-0.1, -0.05) is 42.0 Å². The first-order chi connectivity index (χ1) is 10.8. The molecule has 7 heteroatoms. The second-order valence-corrected chi connectivity index (χ2v) is 6.78. The van der Waals surface area contributed by atoms with Crippen molar-refractivity contribution in [2.24, 2.45) is 5.14 Å². The number of amides is 2. The van der Waals surface area contributed by atoms with Crippen LogP contribution < -0.4 is 15.8 Å². The highest BCUT2D eigenvalue weighted by Crippen LogP contribution is 2.09. The SMILES string of the molecule is Cc1ccc(CNC(=O)NCc2cccc(S(N)(=O)=O)c2)cc1.